The van der Waals surface area contributed by atoms with Crippen LogP contribution in [0.3, 0.4) is 0 Å². The zero-order chi connectivity index (χ0) is 23.0. The number of amides is 1. The van der Waals surface area contributed by atoms with E-state index in [2.05, 4.69) is 15.3 Å². The van der Waals surface area contributed by atoms with Crippen LogP contribution in [0.15, 0.2) is 42.9 Å². The highest BCUT2D eigenvalue weighted by Gasteiger charge is 2.14. The van der Waals surface area contributed by atoms with Crippen LogP contribution in [0.5, 0.6) is 17.4 Å². The Morgan fingerprint density at radius 2 is 1.94 bits per heavy atom. The fourth-order valence-corrected chi connectivity index (χ4v) is 2.16. The number of aliphatic hydroxyl groups excluding tert-OH is 1. The predicted molar refractivity (Wildman–Crippen MR) is 111 cm³/mol. The molecule has 4 N–H and O–H groups in total. The molecule has 0 spiro atoms. The van der Waals surface area contributed by atoms with Gasteiger partial charge in [0.2, 0.25) is 5.88 Å². The summed E-state index contributed by atoms with van der Waals surface area (Å²) in [7, 11) is 3.56. The van der Waals surface area contributed by atoms with Crippen LogP contribution < -0.4 is 14.8 Å². The standard InChI is InChI=1S/C20H23N5O6/c1-12(11-26)30-14-6-13(19(27)24-17(21)4-5-25(2)3)7-15(8-14)31-18-10-22-16(9-23-18)20(28)29/h4-10,12,26H,11H2,1-3H3,(H,28,29)(H2,21,24,27)/b5-4-/t12-/m0/s1. The molecule has 11 nitrogen and oxygen atoms in total. The second kappa shape index (κ2) is 10.7. The molecule has 31 heavy (non-hydrogen) atoms. The maximum atomic E-state index is 12.6. The number of nitrogens with zero attached hydrogens (tertiary/aromatic N) is 3. The Morgan fingerprint density at radius 1 is 1.23 bits per heavy atom. The SMILES string of the molecule is C[C@@H](CO)Oc1cc(Oc2cnc(C(=O)O)cn2)cc(C(=O)NC(=N)/C=C\N(C)C)c1. The van der Waals surface area contributed by atoms with E-state index in [1.54, 1.807) is 32.1 Å². The third-order valence-electron chi connectivity index (χ3n) is 3.59. The highest BCUT2D eigenvalue weighted by molar-refractivity contribution is 6.09. The monoisotopic (exact) mass is 429 g/mol. The van der Waals surface area contributed by atoms with Gasteiger partial charge >= 0.3 is 5.97 Å². The molecule has 11 heteroatoms. The van der Waals surface area contributed by atoms with Crippen molar-refractivity contribution in [1.82, 2.24) is 20.2 Å². The molecular formula is C20H23N5O6. The normalized spacial score (nSPS) is 11.6. The summed E-state index contributed by atoms with van der Waals surface area (Å²) < 4.78 is 11.1. The molecule has 0 unspecified atom stereocenters. The molecule has 1 aromatic heterocycles. The number of ether oxygens (including phenoxy) is 2. The number of carbonyl (C=O) groups excluding carboxylic acids is 1. The Hall–Kier alpha value is -3.99. The van der Waals surface area contributed by atoms with Gasteiger partial charge in [0.25, 0.3) is 5.91 Å². The van der Waals surface area contributed by atoms with Crippen molar-refractivity contribution in [2.45, 2.75) is 13.0 Å². The Kier molecular flexibility index (Phi) is 8.03. The number of carboxylic acid groups (broad SMARTS) is 1. The molecule has 0 aliphatic rings. The topological polar surface area (TPSA) is 158 Å². The van der Waals surface area contributed by atoms with Crippen molar-refractivity contribution in [2.24, 2.45) is 0 Å². The van der Waals surface area contributed by atoms with Crippen LogP contribution >= 0.6 is 0 Å². The van der Waals surface area contributed by atoms with Crippen LogP contribution in [0.1, 0.15) is 27.8 Å². The fourth-order valence-electron chi connectivity index (χ4n) is 2.16. The number of aromatic nitrogens is 2. The van der Waals surface area contributed by atoms with E-state index in [-0.39, 0.29) is 41.1 Å². The van der Waals surface area contributed by atoms with Crippen molar-refractivity contribution in [3.63, 3.8) is 0 Å². The van der Waals surface area contributed by atoms with Crippen LogP contribution in [0.25, 0.3) is 0 Å². The highest BCUT2D eigenvalue weighted by Crippen LogP contribution is 2.27. The van der Waals surface area contributed by atoms with Gasteiger partial charge in [-0.25, -0.2) is 14.8 Å². The number of benzene rings is 1. The quantitative estimate of drug-likeness (QED) is 0.342. The fraction of sp³-hybridized carbons (Fsp3) is 0.250. The van der Waals surface area contributed by atoms with Crippen molar-refractivity contribution in [2.75, 3.05) is 20.7 Å². The van der Waals surface area contributed by atoms with Gasteiger partial charge in [-0.2, -0.15) is 0 Å². The number of amidine groups is 1. The second-order valence-electron chi connectivity index (χ2n) is 6.60. The summed E-state index contributed by atoms with van der Waals surface area (Å²) in [5, 5.41) is 28.4. The predicted octanol–water partition coefficient (Wildman–Crippen LogP) is 1.51. The van der Waals surface area contributed by atoms with Gasteiger partial charge < -0.3 is 29.9 Å². The molecule has 0 saturated heterocycles. The molecule has 1 amide bonds. The van der Waals surface area contributed by atoms with Crippen molar-refractivity contribution >= 4 is 17.7 Å². The van der Waals surface area contributed by atoms with Crippen molar-refractivity contribution in [3.8, 4) is 17.4 Å². The number of carboxylic acids is 1. The average Bonchev–Trinajstić information content (AvgIpc) is 2.72. The lowest BCUT2D eigenvalue weighted by atomic mass is 10.2. The second-order valence-corrected chi connectivity index (χ2v) is 6.60. The lowest BCUT2D eigenvalue weighted by Crippen LogP contribution is -2.28. The third-order valence-corrected chi connectivity index (χ3v) is 3.59. The van der Waals surface area contributed by atoms with Gasteiger partial charge in [-0.05, 0) is 25.1 Å². The summed E-state index contributed by atoms with van der Waals surface area (Å²) in [6, 6.07) is 4.32. The van der Waals surface area contributed by atoms with Crippen molar-refractivity contribution in [1.29, 1.82) is 5.41 Å². The van der Waals surface area contributed by atoms with Crippen LogP contribution in [-0.4, -0.2) is 69.6 Å². The van der Waals surface area contributed by atoms with Gasteiger partial charge in [0, 0.05) is 31.9 Å². The zero-order valence-electron chi connectivity index (χ0n) is 17.2. The zero-order valence-corrected chi connectivity index (χ0v) is 17.2. The number of nitrogens with one attached hydrogen (secondary N) is 2. The first kappa shape index (κ1) is 23.3. The smallest absolute Gasteiger partial charge is 0.356 e. The summed E-state index contributed by atoms with van der Waals surface area (Å²) in [5.41, 5.74) is -0.110. The summed E-state index contributed by atoms with van der Waals surface area (Å²) in [6.07, 6.45) is 4.66. The molecule has 0 bridgehead atoms. The molecule has 0 aliphatic carbocycles. The number of aromatic carboxylic acids is 1. The van der Waals surface area contributed by atoms with E-state index in [0.29, 0.717) is 0 Å². The Labute approximate surface area is 178 Å². The molecule has 2 aromatic rings. The number of hydrogen-bond donors (Lipinski definition) is 4. The number of aliphatic hydroxyl groups is 1. The largest absolute Gasteiger partial charge is 0.488 e. The van der Waals surface area contributed by atoms with Gasteiger partial charge in [-0.1, -0.05) is 0 Å². The molecule has 1 atom stereocenters. The van der Waals surface area contributed by atoms with Gasteiger partial charge in [-0.3, -0.25) is 10.2 Å². The lowest BCUT2D eigenvalue weighted by Gasteiger charge is -2.15. The highest BCUT2D eigenvalue weighted by atomic mass is 16.5. The Morgan fingerprint density at radius 3 is 2.52 bits per heavy atom. The third kappa shape index (κ3) is 7.40. The van der Waals surface area contributed by atoms with E-state index in [0.717, 1.165) is 12.4 Å². The summed E-state index contributed by atoms with van der Waals surface area (Å²) in [4.78, 5) is 32.8. The van der Waals surface area contributed by atoms with E-state index >= 15 is 0 Å². The minimum Gasteiger partial charge on any atom is -0.488 e. The van der Waals surface area contributed by atoms with E-state index < -0.39 is 18.0 Å². The minimum atomic E-state index is -1.22. The minimum absolute atomic E-state index is 0.00498. The van der Waals surface area contributed by atoms with Crippen LogP contribution in [-0.2, 0) is 0 Å². The molecule has 164 valence electrons. The summed E-state index contributed by atoms with van der Waals surface area (Å²) in [5.74, 6) is -1.50. The Balaban J connectivity index is 2.28. The summed E-state index contributed by atoms with van der Waals surface area (Å²) >= 11 is 0. The molecule has 0 radical (unpaired) electrons. The molecule has 2 rings (SSSR count). The maximum Gasteiger partial charge on any atom is 0.356 e. The van der Waals surface area contributed by atoms with Gasteiger partial charge in [0.1, 0.15) is 23.4 Å². The molecule has 0 aliphatic heterocycles. The van der Waals surface area contributed by atoms with E-state index in [1.807, 2.05) is 0 Å². The van der Waals surface area contributed by atoms with E-state index in [4.69, 9.17) is 20.0 Å². The number of carbonyl (C=O) groups is 2. The summed E-state index contributed by atoms with van der Waals surface area (Å²) in [6.45, 7) is 1.40. The number of hydrogen-bond acceptors (Lipinski definition) is 9. The van der Waals surface area contributed by atoms with Crippen LogP contribution in [0.4, 0.5) is 0 Å². The van der Waals surface area contributed by atoms with E-state index in [1.165, 1.54) is 24.3 Å². The van der Waals surface area contributed by atoms with Gasteiger partial charge in [0.05, 0.1) is 19.0 Å². The Bertz CT molecular complexity index is 975. The van der Waals surface area contributed by atoms with Gasteiger partial charge in [0.15, 0.2) is 5.69 Å². The average molecular weight is 429 g/mol. The van der Waals surface area contributed by atoms with Crippen molar-refractivity contribution in [3.05, 3.63) is 54.1 Å². The van der Waals surface area contributed by atoms with Crippen LogP contribution in [0.2, 0.25) is 0 Å². The molecule has 0 saturated carbocycles. The molecule has 0 fully saturated rings. The first-order valence-corrected chi connectivity index (χ1v) is 9.08. The first-order valence-electron chi connectivity index (χ1n) is 9.08. The first-order chi connectivity index (χ1) is 14.7. The maximum absolute atomic E-state index is 12.6. The number of rotatable bonds is 9. The van der Waals surface area contributed by atoms with E-state index in [9.17, 15) is 14.7 Å². The van der Waals surface area contributed by atoms with Crippen LogP contribution in [0, 0.1) is 5.41 Å². The molecule has 1 heterocycles. The van der Waals surface area contributed by atoms with Gasteiger partial charge in [-0.15, -0.1) is 0 Å². The lowest BCUT2D eigenvalue weighted by molar-refractivity contribution is 0.0689. The van der Waals surface area contributed by atoms with Crippen molar-refractivity contribution < 1.29 is 29.3 Å². The molecule has 1 aromatic carbocycles. The molecular weight excluding hydrogens is 406 g/mol.